The number of aromatic nitrogens is 2. The zero-order valence-electron chi connectivity index (χ0n) is 12.9. The topological polar surface area (TPSA) is 137 Å². The molecule has 0 spiro atoms. The van der Waals surface area contributed by atoms with Gasteiger partial charge in [-0.15, -0.1) is 0 Å². The van der Waals surface area contributed by atoms with Crippen LogP contribution in [0.2, 0.25) is 0 Å². The molecule has 0 fully saturated rings. The number of ether oxygens (including phenoxy) is 3. The zero-order valence-corrected chi connectivity index (χ0v) is 12.9. The van der Waals surface area contributed by atoms with Crippen LogP contribution < -0.4 is 19.9 Å². The maximum Gasteiger partial charge on any atom is 0.337 e. The average Bonchev–Trinajstić information content (AvgIpc) is 3.02. The minimum atomic E-state index is -0.799. The van der Waals surface area contributed by atoms with E-state index in [1.165, 1.54) is 38.8 Å². The van der Waals surface area contributed by atoms with Gasteiger partial charge >= 0.3 is 5.97 Å². The molecule has 2 aromatic rings. The smallest absolute Gasteiger partial charge is 0.337 e. The van der Waals surface area contributed by atoms with Crippen molar-refractivity contribution in [1.82, 2.24) is 9.97 Å². The number of nitrogens with zero attached hydrogens (tertiary/aromatic N) is 1. The predicted molar refractivity (Wildman–Crippen MR) is 83.0 cm³/mol. The molecule has 0 bridgehead atoms. The molecule has 0 aliphatic rings. The van der Waals surface area contributed by atoms with Crippen LogP contribution in [-0.4, -0.2) is 41.2 Å². The van der Waals surface area contributed by atoms with Crippen molar-refractivity contribution in [2.45, 2.75) is 0 Å². The summed E-state index contributed by atoms with van der Waals surface area (Å²) in [4.78, 5) is 29.1. The Labute approximate surface area is 136 Å². The molecule has 24 heavy (non-hydrogen) atoms. The van der Waals surface area contributed by atoms with Gasteiger partial charge in [0, 0.05) is 6.08 Å². The summed E-state index contributed by atoms with van der Waals surface area (Å²) >= 11 is 0. The van der Waals surface area contributed by atoms with Crippen LogP contribution in [0.4, 0.5) is 0 Å². The molecule has 0 saturated heterocycles. The molecule has 126 valence electrons. The number of esters is 1. The Morgan fingerprint density at radius 2 is 1.88 bits per heavy atom. The molecule has 0 saturated carbocycles. The largest absolute Gasteiger partial charge is 0.502 e. The standard InChI is InChI=1S/C15H15N3O6/c1-22-9-5-8(6-10(23-2)13(9)20)3-4-11(19)24-15-12(14(16)21)17-7-18-15/h3-7,20H,1-2H3,(H2,16,21)(H,17,18). The summed E-state index contributed by atoms with van der Waals surface area (Å²) in [6.07, 6.45) is 3.72. The van der Waals surface area contributed by atoms with E-state index in [4.69, 9.17) is 19.9 Å². The number of carbonyl (C=O) groups is 2. The van der Waals surface area contributed by atoms with Crippen LogP contribution in [0, 0.1) is 0 Å². The van der Waals surface area contributed by atoms with Crippen LogP contribution in [0.5, 0.6) is 23.1 Å². The summed E-state index contributed by atoms with van der Waals surface area (Å²) in [5.41, 5.74) is 5.52. The molecule has 0 aliphatic carbocycles. The lowest BCUT2D eigenvalue weighted by atomic mass is 10.1. The van der Waals surface area contributed by atoms with Crippen molar-refractivity contribution in [1.29, 1.82) is 0 Å². The Balaban J connectivity index is 2.17. The number of phenolic OH excluding ortho intramolecular Hbond substituents is 1. The van der Waals surface area contributed by atoms with Crippen LogP contribution >= 0.6 is 0 Å². The van der Waals surface area contributed by atoms with Gasteiger partial charge in [0.05, 0.1) is 20.5 Å². The van der Waals surface area contributed by atoms with Crippen LogP contribution in [-0.2, 0) is 4.79 Å². The first-order valence-corrected chi connectivity index (χ1v) is 6.64. The van der Waals surface area contributed by atoms with Gasteiger partial charge in [0.25, 0.3) is 11.8 Å². The van der Waals surface area contributed by atoms with E-state index in [2.05, 4.69) is 9.97 Å². The molecule has 9 nitrogen and oxygen atoms in total. The van der Waals surface area contributed by atoms with Gasteiger partial charge < -0.3 is 30.0 Å². The normalized spacial score (nSPS) is 10.6. The number of hydrogen-bond acceptors (Lipinski definition) is 7. The fourth-order valence-electron chi connectivity index (χ4n) is 1.84. The van der Waals surface area contributed by atoms with E-state index >= 15 is 0 Å². The number of phenols is 1. The highest BCUT2D eigenvalue weighted by Crippen LogP contribution is 2.37. The van der Waals surface area contributed by atoms with Crippen LogP contribution in [0.15, 0.2) is 24.5 Å². The quantitative estimate of drug-likeness (QED) is 0.526. The molecule has 4 N–H and O–H groups in total. The number of H-pyrrole nitrogens is 1. The summed E-state index contributed by atoms with van der Waals surface area (Å²) in [5, 5.41) is 9.82. The molecular weight excluding hydrogens is 318 g/mol. The first kappa shape index (κ1) is 16.9. The number of aromatic hydroxyl groups is 1. The number of primary amides is 1. The van der Waals surface area contributed by atoms with Gasteiger partial charge in [-0.25, -0.2) is 9.78 Å². The summed E-state index contributed by atoms with van der Waals surface area (Å²) in [5.74, 6) is -1.56. The highest BCUT2D eigenvalue weighted by atomic mass is 16.5. The number of aromatic amines is 1. The van der Waals surface area contributed by atoms with Crippen molar-refractivity contribution < 1.29 is 28.9 Å². The van der Waals surface area contributed by atoms with Crippen molar-refractivity contribution in [2.75, 3.05) is 14.2 Å². The third kappa shape index (κ3) is 3.64. The number of nitrogens with one attached hydrogen (secondary N) is 1. The van der Waals surface area contributed by atoms with Gasteiger partial charge in [-0.2, -0.15) is 0 Å². The van der Waals surface area contributed by atoms with Gasteiger partial charge in [-0.05, 0) is 23.8 Å². The molecular formula is C15H15N3O6. The fourth-order valence-corrected chi connectivity index (χ4v) is 1.84. The van der Waals surface area contributed by atoms with Crippen molar-refractivity contribution in [2.24, 2.45) is 5.73 Å². The Morgan fingerprint density at radius 3 is 2.42 bits per heavy atom. The number of methoxy groups -OCH3 is 2. The Hall–Kier alpha value is -3.49. The number of amides is 1. The Bertz CT molecular complexity index is 771. The minimum absolute atomic E-state index is 0.107. The number of rotatable bonds is 6. The molecule has 1 aromatic heterocycles. The molecule has 9 heteroatoms. The van der Waals surface area contributed by atoms with Crippen molar-refractivity contribution >= 4 is 18.0 Å². The predicted octanol–water partition coefficient (Wildman–Crippen LogP) is 0.850. The van der Waals surface area contributed by atoms with E-state index in [-0.39, 0.29) is 28.8 Å². The maximum atomic E-state index is 11.8. The summed E-state index contributed by atoms with van der Waals surface area (Å²) in [6.45, 7) is 0. The van der Waals surface area contributed by atoms with Crippen molar-refractivity contribution in [3.8, 4) is 23.1 Å². The molecule has 1 amide bonds. The third-order valence-electron chi connectivity index (χ3n) is 2.96. The minimum Gasteiger partial charge on any atom is -0.502 e. The van der Waals surface area contributed by atoms with E-state index in [1.807, 2.05) is 0 Å². The van der Waals surface area contributed by atoms with Crippen molar-refractivity contribution in [3.05, 3.63) is 35.8 Å². The van der Waals surface area contributed by atoms with E-state index in [1.54, 1.807) is 0 Å². The maximum absolute atomic E-state index is 11.8. The third-order valence-corrected chi connectivity index (χ3v) is 2.96. The SMILES string of the molecule is COc1cc(C=CC(=O)Oc2nc[nH]c2C(N)=O)cc(OC)c1O. The van der Waals surface area contributed by atoms with E-state index in [9.17, 15) is 14.7 Å². The van der Waals surface area contributed by atoms with Gasteiger partial charge in [-0.3, -0.25) is 4.79 Å². The highest BCUT2D eigenvalue weighted by molar-refractivity contribution is 5.95. The zero-order chi connectivity index (χ0) is 17.7. The van der Waals surface area contributed by atoms with Gasteiger partial charge in [0.2, 0.25) is 5.75 Å². The Morgan fingerprint density at radius 1 is 1.25 bits per heavy atom. The highest BCUT2D eigenvalue weighted by Gasteiger charge is 2.15. The number of imidazole rings is 1. The second kappa shape index (κ2) is 7.18. The number of benzene rings is 1. The summed E-state index contributed by atoms with van der Waals surface area (Å²) < 4.78 is 15.0. The second-order valence-corrected chi connectivity index (χ2v) is 4.48. The molecule has 0 aliphatic heterocycles. The fraction of sp³-hybridized carbons (Fsp3) is 0.133. The molecule has 2 rings (SSSR count). The summed E-state index contributed by atoms with van der Waals surface area (Å²) in [6, 6.07) is 3.01. The lowest BCUT2D eigenvalue weighted by Crippen LogP contribution is -2.14. The van der Waals surface area contributed by atoms with Crippen LogP contribution in [0.25, 0.3) is 6.08 Å². The first-order chi connectivity index (χ1) is 11.5. The van der Waals surface area contributed by atoms with Crippen LogP contribution in [0.3, 0.4) is 0 Å². The molecule has 0 radical (unpaired) electrons. The van der Waals surface area contributed by atoms with Gasteiger partial charge in [0.15, 0.2) is 17.2 Å². The molecule has 0 atom stereocenters. The first-order valence-electron chi connectivity index (χ1n) is 6.64. The average molecular weight is 333 g/mol. The van der Waals surface area contributed by atoms with E-state index in [0.717, 1.165) is 6.08 Å². The monoisotopic (exact) mass is 333 g/mol. The molecule has 0 unspecified atom stereocenters. The Kier molecular flexibility index (Phi) is 5.05. The number of hydrogen-bond donors (Lipinski definition) is 3. The second-order valence-electron chi connectivity index (χ2n) is 4.48. The van der Waals surface area contributed by atoms with Crippen LogP contribution in [0.1, 0.15) is 16.1 Å². The number of carbonyl (C=O) groups excluding carboxylic acids is 2. The lowest BCUT2D eigenvalue weighted by molar-refractivity contribution is -0.129. The lowest BCUT2D eigenvalue weighted by Gasteiger charge is -2.09. The molecule has 1 heterocycles. The van der Waals surface area contributed by atoms with E-state index < -0.39 is 11.9 Å². The summed E-state index contributed by atoms with van der Waals surface area (Å²) in [7, 11) is 2.78. The van der Waals surface area contributed by atoms with Crippen molar-refractivity contribution in [3.63, 3.8) is 0 Å². The number of nitrogens with two attached hydrogens (primary N) is 1. The van der Waals surface area contributed by atoms with Gasteiger partial charge in [0.1, 0.15) is 0 Å². The molecule has 1 aromatic carbocycles. The van der Waals surface area contributed by atoms with E-state index in [0.29, 0.717) is 5.56 Å². The van der Waals surface area contributed by atoms with Gasteiger partial charge in [-0.1, -0.05) is 0 Å².